The summed E-state index contributed by atoms with van der Waals surface area (Å²) in [6.45, 7) is 4.05. The molecule has 4 nitrogen and oxygen atoms in total. The van der Waals surface area contributed by atoms with Gasteiger partial charge in [0.05, 0.1) is 5.75 Å². The molecule has 26 heavy (non-hydrogen) atoms. The predicted octanol–water partition coefficient (Wildman–Crippen LogP) is 4.98. The van der Waals surface area contributed by atoms with Crippen LogP contribution in [0.15, 0.2) is 75.9 Å². The van der Waals surface area contributed by atoms with Gasteiger partial charge in [-0.25, -0.2) is 9.97 Å². The number of hydrogen-bond acceptors (Lipinski definition) is 5. The van der Waals surface area contributed by atoms with Gasteiger partial charge in [-0.05, 0) is 37.1 Å². The molecule has 0 saturated carbocycles. The number of carbonyl (C=O) groups excluding carboxylic acids is 1. The Balaban J connectivity index is 1.66. The predicted molar refractivity (Wildman–Crippen MR) is 108 cm³/mol. The lowest BCUT2D eigenvalue weighted by Crippen LogP contribution is -2.15. The third-order valence-electron chi connectivity index (χ3n) is 3.69. The third kappa shape index (κ3) is 4.86. The van der Waals surface area contributed by atoms with E-state index in [4.69, 9.17) is 0 Å². The Kier molecular flexibility index (Phi) is 6.30. The lowest BCUT2D eigenvalue weighted by molar-refractivity contribution is -0.113. The molecule has 1 N–H and O–H groups in total. The first-order valence-electron chi connectivity index (χ1n) is 8.16. The summed E-state index contributed by atoms with van der Waals surface area (Å²) in [5.41, 5.74) is 3.07. The second-order valence-corrected chi connectivity index (χ2v) is 7.68. The highest BCUT2D eigenvalue weighted by Gasteiger charge is 2.12. The van der Waals surface area contributed by atoms with Crippen molar-refractivity contribution in [2.24, 2.45) is 0 Å². The van der Waals surface area contributed by atoms with Gasteiger partial charge in [0, 0.05) is 23.0 Å². The Morgan fingerprint density at radius 2 is 1.58 bits per heavy atom. The Morgan fingerprint density at radius 1 is 0.923 bits per heavy atom. The largest absolute Gasteiger partial charge is 0.325 e. The Hall–Kier alpha value is -2.31. The van der Waals surface area contributed by atoms with E-state index in [0.717, 1.165) is 26.2 Å². The molecule has 0 aliphatic carbocycles. The number of thioether (sulfide) groups is 1. The van der Waals surface area contributed by atoms with E-state index in [1.807, 2.05) is 43.3 Å². The minimum Gasteiger partial charge on any atom is -0.325 e. The zero-order valence-electron chi connectivity index (χ0n) is 14.6. The first-order valence-corrected chi connectivity index (χ1v) is 9.96. The molecular weight excluding hydrogens is 362 g/mol. The third-order valence-corrected chi connectivity index (χ3v) is 5.97. The van der Waals surface area contributed by atoms with E-state index in [9.17, 15) is 4.79 Å². The molecule has 3 aromatic rings. The minimum atomic E-state index is -0.0539. The minimum absolute atomic E-state index is 0.0539. The number of amides is 1. The van der Waals surface area contributed by atoms with Crippen molar-refractivity contribution in [2.45, 2.75) is 28.8 Å². The average Bonchev–Trinajstić information content (AvgIpc) is 2.65. The topological polar surface area (TPSA) is 54.9 Å². The van der Waals surface area contributed by atoms with Crippen LogP contribution in [0.5, 0.6) is 0 Å². The molecule has 0 aliphatic heterocycles. The van der Waals surface area contributed by atoms with Crippen LogP contribution in [0.1, 0.15) is 11.1 Å². The Bertz CT molecular complexity index is 915. The molecule has 1 amide bonds. The Morgan fingerprint density at radius 3 is 2.31 bits per heavy atom. The molecular formula is C20H19N3OS2. The summed E-state index contributed by atoms with van der Waals surface area (Å²) >= 11 is 2.97. The molecule has 132 valence electrons. The number of anilines is 1. The van der Waals surface area contributed by atoms with Gasteiger partial charge in [0.15, 0.2) is 0 Å². The van der Waals surface area contributed by atoms with E-state index in [1.54, 1.807) is 24.2 Å². The van der Waals surface area contributed by atoms with Gasteiger partial charge in [-0.2, -0.15) is 0 Å². The quantitative estimate of drug-likeness (QED) is 0.611. The maximum atomic E-state index is 12.3. The van der Waals surface area contributed by atoms with E-state index < -0.39 is 0 Å². The van der Waals surface area contributed by atoms with Crippen LogP contribution < -0.4 is 5.32 Å². The van der Waals surface area contributed by atoms with E-state index >= 15 is 0 Å². The van der Waals surface area contributed by atoms with E-state index in [2.05, 4.69) is 34.3 Å². The van der Waals surface area contributed by atoms with Crippen LogP contribution in [0.3, 0.4) is 0 Å². The summed E-state index contributed by atoms with van der Waals surface area (Å²) in [6, 6.07) is 15.9. The summed E-state index contributed by atoms with van der Waals surface area (Å²) in [5.74, 6) is 0.232. The summed E-state index contributed by atoms with van der Waals surface area (Å²) in [6.07, 6.45) is 3.33. The van der Waals surface area contributed by atoms with Crippen LogP contribution in [0.4, 0.5) is 5.69 Å². The molecule has 0 fully saturated rings. The molecule has 0 saturated heterocycles. The van der Waals surface area contributed by atoms with Crippen LogP contribution in [-0.4, -0.2) is 21.6 Å². The van der Waals surface area contributed by atoms with Gasteiger partial charge < -0.3 is 5.32 Å². The first-order chi connectivity index (χ1) is 12.6. The molecule has 3 rings (SSSR count). The second kappa shape index (κ2) is 8.87. The average molecular weight is 382 g/mol. The Labute approximate surface area is 161 Å². The zero-order chi connectivity index (χ0) is 18.4. The highest BCUT2D eigenvalue weighted by atomic mass is 32.2. The molecule has 0 unspecified atom stereocenters. The monoisotopic (exact) mass is 381 g/mol. The number of hydrogen-bond donors (Lipinski definition) is 1. The molecule has 1 heterocycles. The van der Waals surface area contributed by atoms with Crippen molar-refractivity contribution in [1.29, 1.82) is 0 Å². The highest BCUT2D eigenvalue weighted by Crippen LogP contribution is 2.34. The number of rotatable bonds is 6. The van der Waals surface area contributed by atoms with Gasteiger partial charge in [-0.1, -0.05) is 59.9 Å². The number of aromatic nitrogens is 2. The molecule has 0 aliphatic rings. The maximum absolute atomic E-state index is 12.3. The second-order valence-electron chi connectivity index (χ2n) is 5.69. The number of benzene rings is 2. The van der Waals surface area contributed by atoms with E-state index in [0.29, 0.717) is 0 Å². The fourth-order valence-electron chi connectivity index (χ4n) is 2.29. The van der Waals surface area contributed by atoms with Crippen molar-refractivity contribution >= 4 is 35.1 Å². The van der Waals surface area contributed by atoms with Crippen molar-refractivity contribution in [2.75, 3.05) is 11.1 Å². The smallest absolute Gasteiger partial charge is 0.234 e. The number of aryl methyl sites for hydroxylation is 2. The molecule has 1 aromatic heterocycles. The van der Waals surface area contributed by atoms with Gasteiger partial charge in [-0.15, -0.1) is 0 Å². The fraction of sp³-hybridized carbons (Fsp3) is 0.150. The van der Waals surface area contributed by atoms with Crippen LogP contribution in [0.2, 0.25) is 0 Å². The summed E-state index contributed by atoms with van der Waals surface area (Å²) in [4.78, 5) is 22.3. The van der Waals surface area contributed by atoms with Gasteiger partial charge in [0.1, 0.15) is 10.1 Å². The van der Waals surface area contributed by atoms with Crippen LogP contribution in [0, 0.1) is 13.8 Å². The van der Waals surface area contributed by atoms with Gasteiger partial charge in [0.2, 0.25) is 5.91 Å². The van der Waals surface area contributed by atoms with Gasteiger partial charge in [0.25, 0.3) is 0 Å². The SMILES string of the molecule is Cc1ccccc1NC(=O)CSc1nccnc1Sc1ccccc1C. The van der Waals surface area contributed by atoms with Crippen molar-refractivity contribution < 1.29 is 4.79 Å². The van der Waals surface area contributed by atoms with Crippen molar-refractivity contribution in [3.63, 3.8) is 0 Å². The van der Waals surface area contributed by atoms with E-state index in [1.165, 1.54) is 17.3 Å². The van der Waals surface area contributed by atoms with E-state index in [-0.39, 0.29) is 11.7 Å². The fourth-order valence-corrected chi connectivity index (χ4v) is 4.08. The lowest BCUT2D eigenvalue weighted by Gasteiger charge is -2.10. The van der Waals surface area contributed by atoms with Crippen molar-refractivity contribution in [1.82, 2.24) is 9.97 Å². The molecule has 0 bridgehead atoms. The molecule has 0 spiro atoms. The normalized spacial score (nSPS) is 10.5. The van der Waals surface area contributed by atoms with Crippen molar-refractivity contribution in [3.8, 4) is 0 Å². The zero-order valence-corrected chi connectivity index (χ0v) is 16.2. The summed E-state index contributed by atoms with van der Waals surface area (Å²) in [7, 11) is 0. The number of carbonyl (C=O) groups is 1. The highest BCUT2D eigenvalue weighted by molar-refractivity contribution is 8.02. The number of para-hydroxylation sites is 1. The molecule has 0 atom stereocenters. The maximum Gasteiger partial charge on any atom is 0.234 e. The van der Waals surface area contributed by atoms with Gasteiger partial charge >= 0.3 is 0 Å². The molecule has 0 radical (unpaired) electrons. The summed E-state index contributed by atoms with van der Waals surface area (Å²) in [5, 5.41) is 4.52. The molecule has 6 heteroatoms. The van der Waals surface area contributed by atoms with Crippen LogP contribution in [0.25, 0.3) is 0 Å². The lowest BCUT2D eigenvalue weighted by atomic mass is 10.2. The summed E-state index contributed by atoms with van der Waals surface area (Å²) < 4.78 is 0. The number of nitrogens with zero attached hydrogens (tertiary/aromatic N) is 2. The first kappa shape index (κ1) is 18.5. The van der Waals surface area contributed by atoms with Crippen molar-refractivity contribution in [3.05, 3.63) is 72.1 Å². The number of nitrogens with one attached hydrogen (secondary N) is 1. The molecule has 2 aromatic carbocycles. The van der Waals surface area contributed by atoms with Gasteiger partial charge in [-0.3, -0.25) is 4.79 Å². The van der Waals surface area contributed by atoms with Crippen LogP contribution >= 0.6 is 23.5 Å². The van der Waals surface area contributed by atoms with Crippen LogP contribution in [-0.2, 0) is 4.79 Å². The standard InChI is InChI=1S/C20H19N3OS2/c1-14-7-3-5-9-16(14)23-18(24)13-25-19-20(22-12-11-21-19)26-17-10-6-4-8-15(17)2/h3-12H,13H2,1-2H3,(H,23,24).